The zero-order chi connectivity index (χ0) is 14.3. The lowest BCUT2D eigenvalue weighted by molar-refractivity contribution is 0.471. The predicted molar refractivity (Wildman–Crippen MR) is 76.8 cm³/mol. The molecule has 0 aliphatic rings. The average molecular weight is 289 g/mol. The minimum absolute atomic E-state index is 0.135. The molecule has 2 N–H and O–H groups in total. The molecule has 0 unspecified atom stereocenters. The van der Waals surface area contributed by atoms with Crippen molar-refractivity contribution in [3.63, 3.8) is 0 Å². The highest BCUT2D eigenvalue weighted by molar-refractivity contribution is 6.31. The Labute approximate surface area is 117 Å². The van der Waals surface area contributed by atoms with Crippen LogP contribution in [0.25, 0.3) is 16.6 Å². The average Bonchev–Trinajstić information content (AvgIpc) is 2.40. The van der Waals surface area contributed by atoms with E-state index < -0.39 is 11.2 Å². The highest BCUT2D eigenvalue weighted by atomic mass is 35.5. The molecule has 0 fully saturated rings. The number of benzene rings is 2. The van der Waals surface area contributed by atoms with Crippen molar-refractivity contribution in [1.29, 1.82) is 0 Å². The molecule has 0 atom stereocenters. The van der Waals surface area contributed by atoms with Gasteiger partial charge in [-0.25, -0.2) is 9.36 Å². The SMILES string of the molecule is O=c1[nH]c2cc(Cl)ccc2c(=O)n1-c1ccccc1O. The van der Waals surface area contributed by atoms with Crippen molar-refractivity contribution in [1.82, 2.24) is 9.55 Å². The molecular weight excluding hydrogens is 280 g/mol. The summed E-state index contributed by atoms with van der Waals surface area (Å²) in [5.41, 5.74) is -0.650. The van der Waals surface area contributed by atoms with Gasteiger partial charge in [-0.15, -0.1) is 0 Å². The molecule has 0 spiro atoms. The van der Waals surface area contributed by atoms with Gasteiger partial charge < -0.3 is 10.1 Å². The number of aromatic nitrogens is 2. The lowest BCUT2D eigenvalue weighted by Gasteiger charge is -2.08. The van der Waals surface area contributed by atoms with E-state index in [0.717, 1.165) is 4.57 Å². The Morgan fingerprint density at radius 3 is 2.60 bits per heavy atom. The van der Waals surface area contributed by atoms with Crippen LogP contribution in [0.15, 0.2) is 52.1 Å². The fraction of sp³-hybridized carbons (Fsp3) is 0. The number of halogens is 1. The fourth-order valence-corrected chi connectivity index (χ4v) is 2.23. The van der Waals surface area contributed by atoms with Crippen LogP contribution in [0.4, 0.5) is 0 Å². The Kier molecular flexibility index (Phi) is 2.84. The van der Waals surface area contributed by atoms with Crippen LogP contribution in [0.3, 0.4) is 0 Å². The maximum Gasteiger partial charge on any atom is 0.333 e. The van der Waals surface area contributed by atoms with E-state index in [-0.39, 0.29) is 11.4 Å². The smallest absolute Gasteiger partial charge is 0.333 e. The highest BCUT2D eigenvalue weighted by Crippen LogP contribution is 2.19. The van der Waals surface area contributed by atoms with Crippen molar-refractivity contribution in [3.8, 4) is 11.4 Å². The molecule has 2 aromatic carbocycles. The first-order chi connectivity index (χ1) is 9.58. The molecular formula is C14H9ClN2O3. The number of rotatable bonds is 1. The summed E-state index contributed by atoms with van der Waals surface area (Å²) < 4.78 is 0.894. The van der Waals surface area contributed by atoms with Crippen LogP contribution >= 0.6 is 11.6 Å². The molecule has 5 nitrogen and oxygen atoms in total. The summed E-state index contributed by atoms with van der Waals surface area (Å²) in [6.07, 6.45) is 0. The van der Waals surface area contributed by atoms with Crippen molar-refractivity contribution < 1.29 is 5.11 Å². The van der Waals surface area contributed by atoms with Crippen molar-refractivity contribution >= 4 is 22.5 Å². The maximum atomic E-state index is 12.4. The molecule has 100 valence electrons. The topological polar surface area (TPSA) is 75.1 Å². The van der Waals surface area contributed by atoms with E-state index in [1.165, 1.54) is 24.3 Å². The van der Waals surface area contributed by atoms with E-state index in [1.54, 1.807) is 18.2 Å². The lowest BCUT2D eigenvalue weighted by Crippen LogP contribution is -2.33. The first kappa shape index (κ1) is 12.5. The number of H-pyrrole nitrogens is 1. The largest absolute Gasteiger partial charge is 0.506 e. The molecule has 3 rings (SSSR count). The van der Waals surface area contributed by atoms with Gasteiger partial charge in [-0.1, -0.05) is 23.7 Å². The molecule has 0 saturated heterocycles. The van der Waals surface area contributed by atoms with Gasteiger partial charge in [-0.05, 0) is 30.3 Å². The van der Waals surface area contributed by atoms with Gasteiger partial charge in [0.2, 0.25) is 0 Å². The summed E-state index contributed by atoms with van der Waals surface area (Å²) in [5.74, 6) is -0.145. The number of aromatic amines is 1. The molecule has 20 heavy (non-hydrogen) atoms. The van der Waals surface area contributed by atoms with Gasteiger partial charge in [0.1, 0.15) is 5.75 Å². The van der Waals surface area contributed by atoms with Crippen molar-refractivity contribution in [3.05, 3.63) is 68.3 Å². The molecule has 0 aliphatic carbocycles. The highest BCUT2D eigenvalue weighted by Gasteiger charge is 2.12. The van der Waals surface area contributed by atoms with Crippen LogP contribution < -0.4 is 11.2 Å². The molecule has 0 aliphatic heterocycles. The standard InChI is InChI=1S/C14H9ClN2O3/c15-8-5-6-9-10(7-8)16-14(20)17(13(9)19)11-3-1-2-4-12(11)18/h1-7,18H,(H,16,20). The molecule has 0 bridgehead atoms. The molecule has 3 aromatic rings. The first-order valence-electron chi connectivity index (χ1n) is 5.81. The Hall–Kier alpha value is -2.53. The molecule has 6 heteroatoms. The number of nitrogens with zero attached hydrogens (tertiary/aromatic N) is 1. The third-order valence-electron chi connectivity index (χ3n) is 2.98. The summed E-state index contributed by atoms with van der Waals surface area (Å²) in [4.78, 5) is 27.1. The zero-order valence-electron chi connectivity index (χ0n) is 10.1. The number of para-hydroxylation sites is 2. The van der Waals surface area contributed by atoms with Crippen LogP contribution in [-0.2, 0) is 0 Å². The van der Waals surface area contributed by atoms with Crippen LogP contribution in [0.2, 0.25) is 5.02 Å². The van der Waals surface area contributed by atoms with Gasteiger partial charge >= 0.3 is 5.69 Å². The predicted octanol–water partition coefficient (Wildman–Crippen LogP) is 2.04. The van der Waals surface area contributed by atoms with Gasteiger partial charge in [0.05, 0.1) is 16.6 Å². The summed E-state index contributed by atoms with van der Waals surface area (Å²) in [7, 11) is 0. The summed E-state index contributed by atoms with van der Waals surface area (Å²) in [5, 5.41) is 10.5. The van der Waals surface area contributed by atoms with Crippen molar-refractivity contribution in [2.24, 2.45) is 0 Å². The number of hydrogen-bond donors (Lipinski definition) is 2. The second kappa shape index (κ2) is 4.54. The Morgan fingerprint density at radius 1 is 1.10 bits per heavy atom. The summed E-state index contributed by atoms with van der Waals surface area (Å²) in [6.45, 7) is 0. The molecule has 0 radical (unpaired) electrons. The molecule has 1 heterocycles. The van der Waals surface area contributed by atoms with E-state index in [9.17, 15) is 14.7 Å². The van der Waals surface area contributed by atoms with Crippen molar-refractivity contribution in [2.45, 2.75) is 0 Å². The van der Waals surface area contributed by atoms with Gasteiger partial charge in [-0.3, -0.25) is 4.79 Å². The second-order valence-electron chi connectivity index (χ2n) is 4.25. The quantitative estimate of drug-likeness (QED) is 0.719. The fourth-order valence-electron chi connectivity index (χ4n) is 2.06. The molecule has 0 saturated carbocycles. The number of aromatic hydroxyl groups is 1. The summed E-state index contributed by atoms with van der Waals surface area (Å²) >= 11 is 5.83. The Bertz CT molecular complexity index is 928. The Morgan fingerprint density at radius 2 is 1.85 bits per heavy atom. The lowest BCUT2D eigenvalue weighted by atomic mass is 10.2. The van der Waals surface area contributed by atoms with Crippen LogP contribution in [0.1, 0.15) is 0 Å². The van der Waals surface area contributed by atoms with Crippen LogP contribution in [-0.4, -0.2) is 14.7 Å². The molecule has 1 aromatic heterocycles. The number of hydrogen-bond acceptors (Lipinski definition) is 3. The van der Waals surface area contributed by atoms with Gasteiger partial charge in [0, 0.05) is 5.02 Å². The second-order valence-corrected chi connectivity index (χ2v) is 4.69. The van der Waals surface area contributed by atoms with Crippen LogP contribution in [0, 0.1) is 0 Å². The van der Waals surface area contributed by atoms with Crippen molar-refractivity contribution in [2.75, 3.05) is 0 Å². The molecule has 0 amide bonds. The number of phenolic OH excluding ortho intramolecular Hbond substituents is 1. The maximum absolute atomic E-state index is 12.4. The third kappa shape index (κ3) is 1.88. The van der Waals surface area contributed by atoms with E-state index in [4.69, 9.17) is 11.6 Å². The number of fused-ring (bicyclic) bond motifs is 1. The van der Waals surface area contributed by atoms with Gasteiger partial charge in [0.25, 0.3) is 5.56 Å². The minimum Gasteiger partial charge on any atom is -0.506 e. The Balaban J connectivity index is 2.44. The van der Waals surface area contributed by atoms with E-state index >= 15 is 0 Å². The van der Waals surface area contributed by atoms with Gasteiger partial charge in [-0.2, -0.15) is 0 Å². The monoisotopic (exact) mass is 288 g/mol. The number of nitrogens with one attached hydrogen (secondary N) is 1. The normalized spacial score (nSPS) is 10.8. The zero-order valence-corrected chi connectivity index (χ0v) is 10.9. The van der Waals surface area contributed by atoms with E-state index in [2.05, 4.69) is 4.98 Å². The van der Waals surface area contributed by atoms with E-state index in [1.807, 2.05) is 0 Å². The minimum atomic E-state index is -0.633. The van der Waals surface area contributed by atoms with Gasteiger partial charge in [0.15, 0.2) is 0 Å². The summed E-state index contributed by atoms with van der Waals surface area (Å²) in [6, 6.07) is 10.8. The third-order valence-corrected chi connectivity index (χ3v) is 3.22. The van der Waals surface area contributed by atoms with E-state index in [0.29, 0.717) is 15.9 Å². The first-order valence-corrected chi connectivity index (χ1v) is 6.19. The number of phenols is 1. The van der Waals surface area contributed by atoms with Crippen LogP contribution in [0.5, 0.6) is 5.75 Å².